The predicted molar refractivity (Wildman–Crippen MR) is 226 cm³/mol. The van der Waals surface area contributed by atoms with Crippen molar-refractivity contribution in [2.45, 2.75) is 36.0 Å². The van der Waals surface area contributed by atoms with E-state index in [0.29, 0.717) is 16.4 Å². The van der Waals surface area contributed by atoms with Crippen LogP contribution in [0.2, 0.25) is 0 Å². The third kappa shape index (κ3) is 8.10. The topological polar surface area (TPSA) is 80.9 Å². The van der Waals surface area contributed by atoms with Gasteiger partial charge in [-0.05, 0) is 255 Å². The zero-order valence-electron chi connectivity index (χ0n) is 20.8. The summed E-state index contributed by atoms with van der Waals surface area (Å²) in [7, 11) is 0. The Morgan fingerprint density at radius 3 is 1.10 bits per heavy atom. The van der Waals surface area contributed by atoms with Gasteiger partial charge >= 0.3 is 0 Å². The molecule has 4 aromatic carbocycles. The first kappa shape index (κ1) is 35.4. The highest BCUT2D eigenvalue weighted by molar-refractivity contribution is 14.1. The Labute approximate surface area is 340 Å². The van der Waals surface area contributed by atoms with Crippen molar-refractivity contribution in [3.8, 4) is 23.0 Å². The number of aryl methyl sites for hydroxylation is 2. The molecule has 4 rings (SSSR count). The van der Waals surface area contributed by atoms with E-state index < -0.39 is 5.41 Å². The number of hydrogen-bond donors (Lipinski definition) is 5. The molecule has 0 fully saturated rings. The highest BCUT2D eigenvalue weighted by Crippen LogP contribution is 2.46. The molecule has 0 aliphatic heterocycles. The molecule has 0 aliphatic carbocycles. The molecule has 0 unspecified atom stereocenters. The van der Waals surface area contributed by atoms with E-state index in [-0.39, 0.29) is 11.5 Å². The molecule has 0 atom stereocenters. The number of rotatable bonds is 8. The molecule has 0 heterocycles. The first-order valence-corrected chi connectivity index (χ1v) is 20.0. The van der Waals surface area contributed by atoms with Crippen molar-refractivity contribution in [1.29, 1.82) is 0 Å². The quantitative estimate of drug-likeness (QED) is 0.0900. The second kappa shape index (κ2) is 15.0. The number of hydrogen-bond acceptors (Lipinski definition) is 5. The standard InChI is InChI=1S/C29H21I7O4S/c30-17-5-13(6-18(31)25(17)37)1-3-29(15-9-21(34)27(39)22(35)10-15,16-11-23(36)28(40)24(41)12-16)4-2-14-7-19(32)26(38)20(33)8-14/h5-12,37-41H,1-4H2. The number of benzene rings is 4. The molecule has 0 aliphatic rings. The van der Waals surface area contributed by atoms with Gasteiger partial charge in [-0.3, -0.25) is 0 Å². The fourth-order valence-electron chi connectivity index (χ4n) is 4.81. The van der Waals surface area contributed by atoms with Crippen molar-refractivity contribution in [3.63, 3.8) is 0 Å². The molecule has 0 amide bonds. The van der Waals surface area contributed by atoms with Gasteiger partial charge in [0.15, 0.2) is 0 Å². The summed E-state index contributed by atoms with van der Waals surface area (Å²) in [5.74, 6) is 1.03. The van der Waals surface area contributed by atoms with Crippen LogP contribution in [0.1, 0.15) is 35.1 Å². The van der Waals surface area contributed by atoms with Gasteiger partial charge in [0.2, 0.25) is 0 Å². The SMILES string of the molecule is Oc1c(S)cc(C(CCc2cc(I)c(O)c(I)c2)(CCc2cc(I)c(O)c(I)c2)c2cc(I)c(O)c(I)c2)cc1I. The Morgan fingerprint density at radius 2 is 0.756 bits per heavy atom. The van der Waals surface area contributed by atoms with Crippen molar-refractivity contribution in [2.24, 2.45) is 0 Å². The Hall–Kier alpha value is 1.54. The lowest BCUT2D eigenvalue weighted by Gasteiger charge is -2.37. The summed E-state index contributed by atoms with van der Waals surface area (Å²) < 4.78 is 5.53. The van der Waals surface area contributed by atoms with Gasteiger partial charge in [-0.25, -0.2) is 0 Å². The summed E-state index contributed by atoms with van der Waals surface area (Å²) >= 11 is 19.9. The van der Waals surface area contributed by atoms with E-state index in [1.165, 1.54) is 0 Å². The fraction of sp³-hybridized carbons (Fsp3) is 0.172. The van der Waals surface area contributed by atoms with Gasteiger partial charge in [-0.1, -0.05) is 0 Å². The summed E-state index contributed by atoms with van der Waals surface area (Å²) in [6.45, 7) is 0. The number of halogens is 7. The van der Waals surface area contributed by atoms with E-state index in [1.54, 1.807) is 0 Å². The van der Waals surface area contributed by atoms with Gasteiger partial charge in [0.05, 0.1) is 25.0 Å². The van der Waals surface area contributed by atoms with Crippen LogP contribution in [0.15, 0.2) is 53.4 Å². The van der Waals surface area contributed by atoms with Crippen molar-refractivity contribution >= 4 is 171 Å². The molecule has 0 aromatic heterocycles. The zero-order valence-corrected chi connectivity index (χ0v) is 36.8. The molecule has 0 bridgehead atoms. The lowest BCUT2D eigenvalue weighted by molar-refractivity contribution is 0.425. The van der Waals surface area contributed by atoms with Crippen LogP contribution in [0.5, 0.6) is 23.0 Å². The summed E-state index contributed by atoms with van der Waals surface area (Å²) in [6.07, 6.45) is 2.96. The molecule has 4 aromatic rings. The summed E-state index contributed by atoms with van der Waals surface area (Å²) in [5.41, 5.74) is 3.84. The van der Waals surface area contributed by atoms with Gasteiger partial charge < -0.3 is 20.4 Å². The fourth-order valence-corrected chi connectivity index (χ4v) is 11.5. The Kier molecular flexibility index (Phi) is 12.9. The highest BCUT2D eigenvalue weighted by Gasteiger charge is 2.36. The van der Waals surface area contributed by atoms with E-state index in [0.717, 1.165) is 72.9 Å². The van der Waals surface area contributed by atoms with E-state index in [1.807, 2.05) is 36.4 Å². The molecule has 4 nitrogen and oxygen atoms in total. The van der Waals surface area contributed by atoms with E-state index in [4.69, 9.17) is 0 Å². The summed E-state index contributed by atoms with van der Waals surface area (Å²) in [6, 6.07) is 16.2. The molecule has 0 saturated heterocycles. The van der Waals surface area contributed by atoms with Crippen LogP contribution < -0.4 is 0 Å². The van der Waals surface area contributed by atoms with Gasteiger partial charge in [0.25, 0.3) is 0 Å². The highest BCUT2D eigenvalue weighted by atomic mass is 127. The number of phenols is 4. The van der Waals surface area contributed by atoms with E-state index in [9.17, 15) is 20.4 Å². The Balaban J connectivity index is 1.94. The Morgan fingerprint density at radius 1 is 0.463 bits per heavy atom. The molecule has 0 spiro atoms. The molecule has 0 radical (unpaired) electrons. The maximum absolute atomic E-state index is 10.7. The van der Waals surface area contributed by atoms with Gasteiger partial charge in [0.1, 0.15) is 23.0 Å². The molecular weight excluding hydrogens is 1330 g/mol. The number of aromatic hydroxyl groups is 4. The average molecular weight is 1350 g/mol. The van der Waals surface area contributed by atoms with Crippen LogP contribution in [-0.2, 0) is 18.3 Å². The van der Waals surface area contributed by atoms with Crippen molar-refractivity contribution in [1.82, 2.24) is 0 Å². The molecular formula is C29H21I7O4S. The Bertz CT molecular complexity index is 1430. The van der Waals surface area contributed by atoms with Crippen LogP contribution in [-0.4, -0.2) is 20.4 Å². The van der Waals surface area contributed by atoms with Crippen LogP contribution in [0.25, 0.3) is 0 Å². The van der Waals surface area contributed by atoms with Gasteiger partial charge in [0, 0.05) is 10.3 Å². The largest absolute Gasteiger partial charge is 0.506 e. The van der Waals surface area contributed by atoms with Crippen LogP contribution in [0, 0.1) is 25.0 Å². The van der Waals surface area contributed by atoms with Crippen LogP contribution in [0.3, 0.4) is 0 Å². The minimum absolute atomic E-state index is 0.159. The minimum Gasteiger partial charge on any atom is -0.506 e. The van der Waals surface area contributed by atoms with Crippen LogP contribution in [0.4, 0.5) is 0 Å². The zero-order chi connectivity index (χ0) is 30.2. The number of thiol groups is 1. The predicted octanol–water partition coefficient (Wildman–Crippen LogP) is 10.6. The normalized spacial score (nSPS) is 11.7. The maximum atomic E-state index is 10.7. The van der Waals surface area contributed by atoms with Gasteiger partial charge in [-0.2, -0.15) is 0 Å². The molecule has 0 saturated carbocycles. The number of phenolic OH excluding ortho intramolecular Hbond substituents is 4. The monoisotopic (exact) mass is 1350 g/mol. The van der Waals surface area contributed by atoms with Crippen LogP contribution >= 0.6 is 171 Å². The van der Waals surface area contributed by atoms with Gasteiger partial charge in [-0.15, -0.1) is 12.6 Å². The smallest absolute Gasteiger partial charge is 0.142 e. The second-order valence-corrected chi connectivity index (χ2v) is 18.1. The average Bonchev–Trinajstić information content (AvgIpc) is 2.91. The first-order valence-electron chi connectivity index (χ1n) is 12.0. The first-order chi connectivity index (χ1) is 19.2. The van der Waals surface area contributed by atoms with Crippen molar-refractivity contribution < 1.29 is 20.4 Å². The molecule has 216 valence electrons. The minimum atomic E-state index is -0.512. The lowest BCUT2D eigenvalue weighted by atomic mass is 9.67. The molecule has 41 heavy (non-hydrogen) atoms. The maximum Gasteiger partial charge on any atom is 0.142 e. The second-order valence-electron chi connectivity index (χ2n) is 9.51. The molecule has 12 heteroatoms. The summed E-state index contributed by atoms with van der Waals surface area (Å²) in [5, 5.41) is 42.0. The summed E-state index contributed by atoms with van der Waals surface area (Å²) in [4.78, 5) is 0.516. The third-order valence-electron chi connectivity index (χ3n) is 7.00. The third-order valence-corrected chi connectivity index (χ3v) is 13.1. The van der Waals surface area contributed by atoms with Crippen molar-refractivity contribution in [3.05, 3.63) is 95.8 Å². The van der Waals surface area contributed by atoms with E-state index >= 15 is 0 Å². The lowest BCUT2D eigenvalue weighted by Crippen LogP contribution is -2.30. The molecule has 4 N–H and O–H groups in total. The van der Waals surface area contributed by atoms with E-state index in [2.05, 4.69) is 183 Å². The van der Waals surface area contributed by atoms with Crippen molar-refractivity contribution in [2.75, 3.05) is 0 Å².